The fourth-order valence-corrected chi connectivity index (χ4v) is 2.91. The molecule has 2 aromatic rings. The highest BCUT2D eigenvalue weighted by atomic mass is 16.3. The third-order valence-corrected chi connectivity index (χ3v) is 3.64. The van der Waals surface area contributed by atoms with Crippen molar-refractivity contribution in [2.45, 2.75) is 19.1 Å². The van der Waals surface area contributed by atoms with Crippen molar-refractivity contribution in [3.05, 3.63) is 48.2 Å². The standard InChI is InChI=1S/C15H18N2O/c1-2-9-17-13-6-4-3-5-11(13)12-7-8-16-10-14(18)15(12)17/h2-6,14,16,18H,1,7-10H2. The molecule has 0 spiro atoms. The summed E-state index contributed by atoms with van der Waals surface area (Å²) < 4.78 is 2.19. The van der Waals surface area contributed by atoms with Crippen LogP contribution in [-0.4, -0.2) is 22.8 Å². The van der Waals surface area contributed by atoms with Gasteiger partial charge in [-0.1, -0.05) is 24.3 Å². The highest BCUT2D eigenvalue weighted by Gasteiger charge is 2.23. The topological polar surface area (TPSA) is 37.2 Å². The molecule has 0 amide bonds. The van der Waals surface area contributed by atoms with Gasteiger partial charge in [-0.05, 0) is 24.6 Å². The number of nitrogens with one attached hydrogen (secondary N) is 1. The van der Waals surface area contributed by atoms with Crippen molar-refractivity contribution in [2.75, 3.05) is 13.1 Å². The number of nitrogens with zero attached hydrogens (tertiary/aromatic N) is 1. The van der Waals surface area contributed by atoms with E-state index in [1.165, 1.54) is 16.5 Å². The van der Waals surface area contributed by atoms with Crippen molar-refractivity contribution in [2.24, 2.45) is 0 Å². The minimum absolute atomic E-state index is 0.435. The van der Waals surface area contributed by atoms with E-state index in [2.05, 4.69) is 34.7 Å². The Balaban J connectivity index is 2.31. The molecule has 1 aliphatic rings. The molecule has 1 unspecified atom stereocenters. The van der Waals surface area contributed by atoms with E-state index >= 15 is 0 Å². The van der Waals surface area contributed by atoms with Crippen LogP contribution in [0.5, 0.6) is 0 Å². The Bertz CT molecular complexity index is 585. The molecule has 2 N–H and O–H groups in total. The molecular weight excluding hydrogens is 224 g/mol. The number of para-hydroxylation sites is 1. The van der Waals surface area contributed by atoms with Crippen LogP contribution in [0.3, 0.4) is 0 Å². The lowest BCUT2D eigenvalue weighted by atomic mass is 10.1. The zero-order valence-electron chi connectivity index (χ0n) is 10.4. The largest absolute Gasteiger partial charge is 0.386 e. The van der Waals surface area contributed by atoms with Gasteiger partial charge in [-0.2, -0.15) is 0 Å². The van der Waals surface area contributed by atoms with Crippen molar-refractivity contribution in [1.82, 2.24) is 9.88 Å². The lowest BCUT2D eigenvalue weighted by Gasteiger charge is -2.13. The smallest absolute Gasteiger partial charge is 0.107 e. The molecule has 1 aliphatic heterocycles. The number of benzene rings is 1. The molecule has 0 aliphatic carbocycles. The lowest BCUT2D eigenvalue weighted by molar-refractivity contribution is 0.169. The van der Waals surface area contributed by atoms with E-state index in [1.807, 2.05) is 12.1 Å². The Morgan fingerprint density at radius 1 is 1.44 bits per heavy atom. The highest BCUT2D eigenvalue weighted by Crippen LogP contribution is 2.31. The van der Waals surface area contributed by atoms with Crippen LogP contribution < -0.4 is 5.32 Å². The molecule has 1 aromatic carbocycles. The van der Waals surface area contributed by atoms with Gasteiger partial charge in [0.1, 0.15) is 6.10 Å². The van der Waals surface area contributed by atoms with Gasteiger partial charge in [0, 0.05) is 24.0 Å². The molecule has 3 nitrogen and oxygen atoms in total. The van der Waals surface area contributed by atoms with Crippen LogP contribution in [0, 0.1) is 0 Å². The predicted octanol–water partition coefficient (Wildman–Crippen LogP) is 2.01. The summed E-state index contributed by atoms with van der Waals surface area (Å²) in [6.45, 7) is 6.11. The molecular formula is C15H18N2O. The third-order valence-electron chi connectivity index (χ3n) is 3.64. The average Bonchev–Trinajstić information content (AvgIpc) is 2.56. The molecule has 94 valence electrons. The second-order valence-corrected chi connectivity index (χ2v) is 4.75. The number of aromatic nitrogens is 1. The number of aliphatic hydroxyl groups is 1. The molecule has 0 fully saturated rings. The van der Waals surface area contributed by atoms with Crippen LogP contribution in [0.1, 0.15) is 17.4 Å². The third kappa shape index (κ3) is 1.67. The van der Waals surface area contributed by atoms with Crippen LogP contribution in [0.25, 0.3) is 10.9 Å². The van der Waals surface area contributed by atoms with Crippen molar-refractivity contribution in [3.63, 3.8) is 0 Å². The molecule has 0 bridgehead atoms. The normalized spacial score (nSPS) is 19.5. The quantitative estimate of drug-likeness (QED) is 0.790. The second kappa shape index (κ2) is 4.59. The average molecular weight is 242 g/mol. The number of rotatable bonds is 2. The second-order valence-electron chi connectivity index (χ2n) is 4.75. The van der Waals surface area contributed by atoms with Gasteiger partial charge in [-0.3, -0.25) is 0 Å². The van der Waals surface area contributed by atoms with Crippen LogP contribution in [0.4, 0.5) is 0 Å². The zero-order valence-corrected chi connectivity index (χ0v) is 10.4. The fraction of sp³-hybridized carbons (Fsp3) is 0.333. The Hall–Kier alpha value is -1.58. The minimum Gasteiger partial charge on any atom is -0.386 e. The van der Waals surface area contributed by atoms with E-state index < -0.39 is 6.10 Å². The summed E-state index contributed by atoms with van der Waals surface area (Å²) in [4.78, 5) is 0. The van der Waals surface area contributed by atoms with Gasteiger partial charge in [-0.15, -0.1) is 6.58 Å². The van der Waals surface area contributed by atoms with E-state index in [1.54, 1.807) is 0 Å². The maximum Gasteiger partial charge on any atom is 0.107 e. The maximum atomic E-state index is 10.3. The summed E-state index contributed by atoms with van der Waals surface area (Å²) in [5, 5.41) is 14.9. The molecule has 1 atom stereocenters. The first-order valence-corrected chi connectivity index (χ1v) is 6.42. The molecule has 3 heteroatoms. The molecule has 18 heavy (non-hydrogen) atoms. The number of β-amino-alcohol motifs (C(OH)–C–C–N with tert-alkyl or cyclic N) is 1. The number of aliphatic hydroxyl groups excluding tert-OH is 1. The molecule has 2 heterocycles. The maximum absolute atomic E-state index is 10.3. The first-order chi connectivity index (χ1) is 8.83. The van der Waals surface area contributed by atoms with Gasteiger partial charge in [0.25, 0.3) is 0 Å². The van der Waals surface area contributed by atoms with Crippen LogP contribution in [-0.2, 0) is 13.0 Å². The molecule has 0 saturated carbocycles. The summed E-state index contributed by atoms with van der Waals surface area (Å²) >= 11 is 0. The summed E-state index contributed by atoms with van der Waals surface area (Å²) in [7, 11) is 0. The first kappa shape index (κ1) is 11.5. The first-order valence-electron chi connectivity index (χ1n) is 6.42. The van der Waals surface area contributed by atoms with Crippen molar-refractivity contribution in [3.8, 4) is 0 Å². The van der Waals surface area contributed by atoms with E-state index in [-0.39, 0.29) is 0 Å². The summed E-state index contributed by atoms with van der Waals surface area (Å²) in [6.07, 6.45) is 2.42. The van der Waals surface area contributed by atoms with Crippen molar-refractivity contribution in [1.29, 1.82) is 0 Å². The Morgan fingerprint density at radius 3 is 3.11 bits per heavy atom. The summed E-state index contributed by atoms with van der Waals surface area (Å²) in [5.41, 5.74) is 3.54. The Labute approximate surface area is 107 Å². The van der Waals surface area contributed by atoms with Gasteiger partial charge < -0.3 is 15.0 Å². The van der Waals surface area contributed by atoms with Crippen LogP contribution in [0.15, 0.2) is 36.9 Å². The highest BCUT2D eigenvalue weighted by molar-refractivity contribution is 5.86. The van der Waals surface area contributed by atoms with Gasteiger partial charge in [0.2, 0.25) is 0 Å². The van der Waals surface area contributed by atoms with Crippen LogP contribution >= 0.6 is 0 Å². The zero-order chi connectivity index (χ0) is 12.5. The number of hydrogen-bond donors (Lipinski definition) is 2. The van der Waals surface area contributed by atoms with Gasteiger partial charge in [-0.25, -0.2) is 0 Å². The van der Waals surface area contributed by atoms with Crippen molar-refractivity contribution >= 4 is 10.9 Å². The van der Waals surface area contributed by atoms with E-state index in [9.17, 15) is 5.11 Å². The molecule has 3 rings (SSSR count). The summed E-state index contributed by atoms with van der Waals surface area (Å²) in [6, 6.07) is 8.37. The molecule has 0 radical (unpaired) electrons. The van der Waals surface area contributed by atoms with Crippen molar-refractivity contribution < 1.29 is 5.11 Å². The lowest BCUT2D eigenvalue weighted by Crippen LogP contribution is -2.21. The van der Waals surface area contributed by atoms with E-state index in [4.69, 9.17) is 0 Å². The predicted molar refractivity (Wildman–Crippen MR) is 73.7 cm³/mol. The number of fused-ring (bicyclic) bond motifs is 3. The van der Waals surface area contributed by atoms with Gasteiger partial charge >= 0.3 is 0 Å². The van der Waals surface area contributed by atoms with Crippen LogP contribution in [0.2, 0.25) is 0 Å². The van der Waals surface area contributed by atoms with E-state index in [0.29, 0.717) is 6.54 Å². The Morgan fingerprint density at radius 2 is 2.28 bits per heavy atom. The number of allylic oxidation sites excluding steroid dienone is 1. The van der Waals surface area contributed by atoms with Gasteiger partial charge in [0.15, 0.2) is 0 Å². The van der Waals surface area contributed by atoms with Gasteiger partial charge in [0.05, 0.1) is 5.69 Å². The molecule has 1 aromatic heterocycles. The molecule has 0 saturated heterocycles. The Kier molecular flexibility index (Phi) is 2.94. The minimum atomic E-state index is -0.435. The fourth-order valence-electron chi connectivity index (χ4n) is 2.91. The summed E-state index contributed by atoms with van der Waals surface area (Å²) in [5.74, 6) is 0. The number of hydrogen-bond acceptors (Lipinski definition) is 2. The monoisotopic (exact) mass is 242 g/mol. The van der Waals surface area contributed by atoms with E-state index in [0.717, 1.165) is 25.2 Å². The SMILES string of the molecule is C=CCn1c2c(c3ccccc31)CCNCC2O.